The summed E-state index contributed by atoms with van der Waals surface area (Å²) >= 11 is 0.734. The normalized spacial score (nSPS) is 11.6. The van der Waals surface area contributed by atoms with Gasteiger partial charge < -0.3 is 10.8 Å². The van der Waals surface area contributed by atoms with E-state index in [1.807, 2.05) is 0 Å². The molecule has 8 heteroatoms. The number of nitrogens with two attached hydrogens (primary N) is 1. The number of thiophene rings is 1. The number of carbonyl (C=O) groups is 1. The highest BCUT2D eigenvalue weighted by Crippen LogP contribution is 2.25. The molecule has 0 spiro atoms. The molecule has 4 N–H and O–H groups in total. The summed E-state index contributed by atoms with van der Waals surface area (Å²) in [5.74, 6) is -1.12. The Balaban J connectivity index is 3.06. The van der Waals surface area contributed by atoms with E-state index in [0.717, 1.165) is 11.3 Å². The smallest absolute Gasteiger partial charge is 0.346 e. The van der Waals surface area contributed by atoms with Gasteiger partial charge >= 0.3 is 5.97 Å². The minimum Gasteiger partial charge on any atom is -0.477 e. The molecule has 0 aromatic carbocycles. The maximum Gasteiger partial charge on any atom is 0.346 e. The highest BCUT2D eigenvalue weighted by molar-refractivity contribution is 7.91. The third kappa shape index (κ3) is 2.79. The Morgan fingerprint density at radius 1 is 1.62 bits per heavy atom. The first kappa shape index (κ1) is 13.1. The van der Waals surface area contributed by atoms with Crippen LogP contribution in [-0.4, -0.2) is 32.6 Å². The van der Waals surface area contributed by atoms with Crippen molar-refractivity contribution in [3.05, 3.63) is 16.5 Å². The van der Waals surface area contributed by atoms with Crippen LogP contribution in [0.1, 0.15) is 15.2 Å². The summed E-state index contributed by atoms with van der Waals surface area (Å²) in [6, 6.07) is 1.34. The zero-order valence-corrected chi connectivity index (χ0v) is 10.2. The third-order valence-electron chi connectivity index (χ3n) is 1.79. The Labute approximate surface area is 97.1 Å². The largest absolute Gasteiger partial charge is 0.477 e. The fourth-order valence-electron chi connectivity index (χ4n) is 1.06. The van der Waals surface area contributed by atoms with Gasteiger partial charge in [0.25, 0.3) is 0 Å². The molecule has 0 fully saturated rings. The third-order valence-corrected chi connectivity index (χ3v) is 4.95. The van der Waals surface area contributed by atoms with Gasteiger partial charge in [-0.15, -0.1) is 11.3 Å². The molecule has 16 heavy (non-hydrogen) atoms. The molecular formula is C8H12N2O4S2. The molecule has 0 aliphatic heterocycles. The zero-order chi connectivity index (χ0) is 12.3. The maximum absolute atomic E-state index is 11.6. The molecule has 0 unspecified atom stereocenters. The average Bonchev–Trinajstić information content (AvgIpc) is 2.58. The van der Waals surface area contributed by atoms with E-state index < -0.39 is 16.0 Å². The highest BCUT2D eigenvalue weighted by Gasteiger charge is 2.20. The molecular weight excluding hydrogens is 252 g/mol. The minimum absolute atomic E-state index is 0.00384. The molecule has 0 aliphatic rings. The predicted octanol–water partition coefficient (Wildman–Crippen LogP) is -0.00828. The molecule has 1 aromatic heterocycles. The van der Waals surface area contributed by atoms with E-state index in [1.165, 1.54) is 6.07 Å². The Morgan fingerprint density at radius 2 is 2.25 bits per heavy atom. The second-order valence-electron chi connectivity index (χ2n) is 3.07. The second kappa shape index (κ2) is 4.91. The van der Waals surface area contributed by atoms with Crippen LogP contribution in [0.15, 0.2) is 10.3 Å². The van der Waals surface area contributed by atoms with Gasteiger partial charge in [-0.3, -0.25) is 0 Å². The molecule has 0 radical (unpaired) electrons. The number of sulfonamides is 1. The van der Waals surface area contributed by atoms with Crippen LogP contribution < -0.4 is 10.5 Å². The number of rotatable bonds is 5. The maximum atomic E-state index is 11.6. The molecule has 90 valence electrons. The number of aromatic carboxylic acids is 1. The van der Waals surface area contributed by atoms with Crippen LogP contribution in [0.3, 0.4) is 0 Å². The molecule has 0 bridgehead atoms. The lowest BCUT2D eigenvalue weighted by Crippen LogP contribution is -2.28. The van der Waals surface area contributed by atoms with Crippen molar-refractivity contribution < 1.29 is 18.3 Å². The molecule has 0 aliphatic carbocycles. The van der Waals surface area contributed by atoms with E-state index in [9.17, 15) is 13.2 Å². The van der Waals surface area contributed by atoms with Crippen LogP contribution in [0, 0.1) is 6.92 Å². The number of carboxylic acid groups (broad SMARTS) is 1. The second-order valence-corrected chi connectivity index (χ2v) is 6.12. The summed E-state index contributed by atoms with van der Waals surface area (Å²) in [5.41, 5.74) is 5.62. The average molecular weight is 264 g/mol. The summed E-state index contributed by atoms with van der Waals surface area (Å²) in [5, 5.41) is 8.80. The summed E-state index contributed by atoms with van der Waals surface area (Å²) in [6.45, 7) is 1.87. The van der Waals surface area contributed by atoms with Crippen molar-refractivity contribution in [1.82, 2.24) is 4.72 Å². The number of nitrogens with one attached hydrogen (secondary N) is 1. The van der Waals surface area contributed by atoms with Crippen LogP contribution in [0.4, 0.5) is 0 Å². The number of hydrogen-bond acceptors (Lipinski definition) is 5. The fraction of sp³-hybridized carbons (Fsp3) is 0.375. The van der Waals surface area contributed by atoms with E-state index in [-0.39, 0.29) is 22.2 Å². The summed E-state index contributed by atoms with van der Waals surface area (Å²) in [4.78, 5) is 10.8. The van der Waals surface area contributed by atoms with Gasteiger partial charge in [-0.25, -0.2) is 17.9 Å². The van der Waals surface area contributed by atoms with Crippen molar-refractivity contribution in [1.29, 1.82) is 0 Å². The van der Waals surface area contributed by atoms with Crippen molar-refractivity contribution in [2.75, 3.05) is 13.1 Å². The summed E-state index contributed by atoms with van der Waals surface area (Å²) in [6.07, 6.45) is 0. The van der Waals surface area contributed by atoms with Gasteiger partial charge in [0.05, 0.1) is 0 Å². The lowest BCUT2D eigenvalue weighted by atomic mass is 10.3. The van der Waals surface area contributed by atoms with Gasteiger partial charge in [0.1, 0.15) is 9.09 Å². The Morgan fingerprint density at radius 3 is 2.69 bits per heavy atom. The van der Waals surface area contributed by atoms with Crippen LogP contribution in [0.2, 0.25) is 0 Å². The van der Waals surface area contributed by atoms with E-state index in [2.05, 4.69) is 4.72 Å². The first-order chi connectivity index (χ1) is 7.38. The van der Waals surface area contributed by atoms with Gasteiger partial charge in [0.2, 0.25) is 10.0 Å². The molecule has 1 rings (SSSR count). The van der Waals surface area contributed by atoms with Crippen molar-refractivity contribution in [2.45, 2.75) is 11.1 Å². The Kier molecular flexibility index (Phi) is 4.03. The van der Waals surface area contributed by atoms with Crippen LogP contribution >= 0.6 is 11.3 Å². The molecule has 0 amide bonds. The monoisotopic (exact) mass is 264 g/mol. The van der Waals surface area contributed by atoms with E-state index >= 15 is 0 Å². The van der Waals surface area contributed by atoms with Crippen LogP contribution in [-0.2, 0) is 10.0 Å². The van der Waals surface area contributed by atoms with E-state index in [4.69, 9.17) is 10.8 Å². The molecule has 0 atom stereocenters. The number of aryl methyl sites for hydroxylation is 1. The zero-order valence-electron chi connectivity index (χ0n) is 8.56. The van der Waals surface area contributed by atoms with Gasteiger partial charge in [0.15, 0.2) is 0 Å². The minimum atomic E-state index is -3.63. The van der Waals surface area contributed by atoms with Gasteiger partial charge in [0, 0.05) is 13.1 Å². The van der Waals surface area contributed by atoms with Crippen molar-refractivity contribution >= 4 is 27.3 Å². The highest BCUT2D eigenvalue weighted by atomic mass is 32.2. The predicted molar refractivity (Wildman–Crippen MR) is 60.3 cm³/mol. The molecule has 0 saturated heterocycles. The van der Waals surface area contributed by atoms with Crippen LogP contribution in [0.25, 0.3) is 0 Å². The Bertz CT molecular complexity index is 492. The number of hydrogen-bond donors (Lipinski definition) is 3. The molecule has 1 heterocycles. The van der Waals surface area contributed by atoms with Gasteiger partial charge in [-0.05, 0) is 18.6 Å². The Hall–Kier alpha value is -0.960. The van der Waals surface area contributed by atoms with Crippen LogP contribution in [0.5, 0.6) is 0 Å². The van der Waals surface area contributed by atoms with Gasteiger partial charge in [-0.2, -0.15) is 0 Å². The van der Waals surface area contributed by atoms with Crippen molar-refractivity contribution in [3.63, 3.8) is 0 Å². The van der Waals surface area contributed by atoms with E-state index in [0.29, 0.717) is 5.56 Å². The van der Waals surface area contributed by atoms with E-state index in [1.54, 1.807) is 6.92 Å². The molecule has 6 nitrogen and oxygen atoms in total. The summed E-state index contributed by atoms with van der Waals surface area (Å²) < 4.78 is 25.5. The van der Waals surface area contributed by atoms with Gasteiger partial charge in [-0.1, -0.05) is 0 Å². The van der Waals surface area contributed by atoms with Crippen molar-refractivity contribution in [2.24, 2.45) is 5.73 Å². The van der Waals surface area contributed by atoms with Crippen molar-refractivity contribution in [3.8, 4) is 0 Å². The quantitative estimate of drug-likeness (QED) is 0.693. The molecule has 0 saturated carbocycles. The first-order valence-electron chi connectivity index (χ1n) is 4.42. The first-order valence-corrected chi connectivity index (χ1v) is 6.72. The lowest BCUT2D eigenvalue weighted by molar-refractivity contribution is 0.0701. The SMILES string of the molecule is Cc1cc(S(=O)(=O)NCCN)sc1C(=O)O. The fourth-order valence-corrected chi connectivity index (χ4v) is 3.53. The standard InChI is InChI=1S/C8H12N2O4S2/c1-5-4-6(15-7(5)8(11)12)16(13,14)10-3-2-9/h4,10H,2-3,9H2,1H3,(H,11,12). The topological polar surface area (TPSA) is 109 Å². The number of carboxylic acids is 1. The lowest BCUT2D eigenvalue weighted by Gasteiger charge is -2.01. The summed E-state index contributed by atoms with van der Waals surface area (Å²) in [7, 11) is -3.63. The molecule has 1 aromatic rings.